The van der Waals surface area contributed by atoms with E-state index in [-0.39, 0.29) is 0 Å². The van der Waals surface area contributed by atoms with Crippen LogP contribution in [0.25, 0.3) is 28.3 Å². The van der Waals surface area contributed by atoms with Crippen LogP contribution in [0.3, 0.4) is 0 Å². The maximum absolute atomic E-state index is 5.14. The van der Waals surface area contributed by atoms with Gasteiger partial charge in [-0.2, -0.15) is 0 Å². The van der Waals surface area contributed by atoms with Crippen molar-refractivity contribution >= 4 is 11.8 Å². The lowest BCUT2D eigenvalue weighted by Gasteiger charge is -2.13. The van der Waals surface area contributed by atoms with Gasteiger partial charge in [-0.25, -0.2) is 0 Å². The Balaban J connectivity index is 1.75. The highest BCUT2D eigenvalue weighted by Crippen LogP contribution is 2.32. The summed E-state index contributed by atoms with van der Waals surface area (Å²) in [6.07, 6.45) is 10.2. The van der Waals surface area contributed by atoms with Crippen LogP contribution in [0.15, 0.2) is 102 Å². The Kier molecular flexibility index (Phi) is 10.6. The van der Waals surface area contributed by atoms with Crippen LogP contribution in [0.2, 0.25) is 0 Å². The number of benzene rings is 4. The second-order valence-corrected chi connectivity index (χ2v) is 10.8. The molecule has 0 radical (unpaired) electrons. The van der Waals surface area contributed by atoms with Crippen molar-refractivity contribution in [2.75, 3.05) is 7.05 Å². The van der Waals surface area contributed by atoms with Crippen molar-refractivity contribution in [2.24, 2.45) is 5.11 Å². The minimum Gasteiger partial charge on any atom is -0.0906 e. The predicted octanol–water partition coefficient (Wildman–Crippen LogP) is 11.2. The van der Waals surface area contributed by atoms with E-state index in [4.69, 9.17) is 5.11 Å². The number of aryl methyl sites for hydroxylation is 2. The zero-order valence-corrected chi connectivity index (χ0v) is 25.1. The lowest BCUT2D eigenvalue weighted by Crippen LogP contribution is -2.02. The Morgan fingerprint density at radius 1 is 0.725 bits per heavy atom. The van der Waals surface area contributed by atoms with E-state index in [0.717, 1.165) is 24.9 Å². The molecule has 0 unspecified atom stereocenters. The normalized spacial score (nSPS) is 12.1. The molecule has 0 aliphatic carbocycles. The standard InChI is InChI=1S/C38H45N2/c1-6-9-17-30-23-31(25-35(24-30)32-19-13-11-14-20-32)26-37(8-3)40(5)39-36-27-34(18-10-7-2)29(4)38(28-36)33-21-15-12-16-22-33/h11-16,19-28H,6-10,17-18H2,1-5H3/q+1. The summed E-state index contributed by atoms with van der Waals surface area (Å²) < 4.78 is 2.07. The van der Waals surface area contributed by atoms with Crippen molar-refractivity contribution in [3.05, 3.63) is 119 Å². The lowest BCUT2D eigenvalue weighted by atomic mass is 9.93. The van der Waals surface area contributed by atoms with Gasteiger partial charge in [-0.15, -0.1) is 0 Å². The summed E-state index contributed by atoms with van der Waals surface area (Å²) >= 11 is 0. The molecule has 0 aliphatic rings. The lowest BCUT2D eigenvalue weighted by molar-refractivity contribution is -0.512. The smallest absolute Gasteiger partial charge is 0.0906 e. The average molecular weight is 530 g/mol. The predicted molar refractivity (Wildman–Crippen MR) is 172 cm³/mol. The molecule has 0 heterocycles. The van der Waals surface area contributed by atoms with Gasteiger partial charge in [-0.1, -0.05) is 111 Å². The Morgan fingerprint density at radius 2 is 1.38 bits per heavy atom. The molecule has 2 heteroatoms. The van der Waals surface area contributed by atoms with E-state index in [0.29, 0.717) is 0 Å². The van der Waals surface area contributed by atoms with E-state index < -0.39 is 0 Å². The van der Waals surface area contributed by atoms with Crippen molar-refractivity contribution in [2.45, 2.75) is 72.6 Å². The van der Waals surface area contributed by atoms with Gasteiger partial charge in [0.2, 0.25) is 5.70 Å². The largest absolute Gasteiger partial charge is 0.208 e. The van der Waals surface area contributed by atoms with Crippen LogP contribution < -0.4 is 0 Å². The fraction of sp³-hybridized carbons (Fsp3) is 0.316. The van der Waals surface area contributed by atoms with E-state index in [1.807, 2.05) is 0 Å². The van der Waals surface area contributed by atoms with E-state index in [1.165, 1.54) is 75.9 Å². The maximum Gasteiger partial charge on any atom is 0.208 e. The first-order chi connectivity index (χ1) is 19.5. The van der Waals surface area contributed by atoms with E-state index in [9.17, 15) is 0 Å². The molecule has 206 valence electrons. The molecular formula is C38H45N2+. The number of allylic oxidation sites excluding steroid dienone is 1. The van der Waals surface area contributed by atoms with Gasteiger partial charge in [0.15, 0.2) is 7.05 Å². The highest BCUT2D eigenvalue weighted by Gasteiger charge is 2.14. The first kappa shape index (κ1) is 29.2. The van der Waals surface area contributed by atoms with Gasteiger partial charge >= 0.3 is 0 Å². The summed E-state index contributed by atoms with van der Waals surface area (Å²) in [4.78, 5) is 0. The van der Waals surface area contributed by atoms with Crippen molar-refractivity contribution in [1.82, 2.24) is 0 Å². The molecule has 0 saturated carbocycles. The molecule has 0 amide bonds. The Labute approximate surface area is 242 Å². The molecule has 4 rings (SSSR count). The number of rotatable bonds is 12. The molecule has 0 atom stereocenters. The highest BCUT2D eigenvalue weighted by molar-refractivity contribution is 5.72. The average Bonchev–Trinajstić information content (AvgIpc) is 2.99. The van der Waals surface area contributed by atoms with Crippen LogP contribution in [-0.2, 0) is 12.8 Å². The first-order valence-electron chi connectivity index (χ1n) is 15.1. The second-order valence-electron chi connectivity index (χ2n) is 10.8. The minimum atomic E-state index is 0.903. The molecular weight excluding hydrogens is 484 g/mol. The Hall–Kier alpha value is -3.78. The molecule has 4 aromatic carbocycles. The number of nitrogens with zero attached hydrogens (tertiary/aromatic N) is 2. The molecule has 0 fully saturated rings. The summed E-state index contributed by atoms with van der Waals surface area (Å²) in [6.45, 7) is 8.99. The summed E-state index contributed by atoms with van der Waals surface area (Å²) in [6, 6.07) is 33.0. The van der Waals surface area contributed by atoms with E-state index in [2.05, 4.69) is 137 Å². The van der Waals surface area contributed by atoms with Crippen LogP contribution in [0.4, 0.5) is 5.69 Å². The quantitative estimate of drug-likeness (QED) is 0.128. The molecule has 0 N–H and O–H groups in total. The third-order valence-corrected chi connectivity index (χ3v) is 7.70. The Bertz CT molecular complexity index is 1450. The van der Waals surface area contributed by atoms with Crippen molar-refractivity contribution in [1.29, 1.82) is 0 Å². The zero-order chi connectivity index (χ0) is 28.3. The van der Waals surface area contributed by atoms with Crippen molar-refractivity contribution < 1.29 is 4.70 Å². The van der Waals surface area contributed by atoms with Crippen LogP contribution >= 0.6 is 0 Å². The number of hydrogen-bond donors (Lipinski definition) is 0. The molecule has 0 bridgehead atoms. The van der Waals surface area contributed by atoms with Gasteiger partial charge in [0.1, 0.15) is 5.69 Å². The fourth-order valence-electron chi connectivity index (χ4n) is 5.34. The van der Waals surface area contributed by atoms with Crippen molar-refractivity contribution in [3.63, 3.8) is 0 Å². The highest BCUT2D eigenvalue weighted by atomic mass is 15.3. The molecule has 0 aliphatic heterocycles. The number of hydrogen-bond acceptors (Lipinski definition) is 1. The number of unbranched alkanes of at least 4 members (excludes halogenated alkanes) is 2. The SMILES string of the molecule is CCCCc1cc(C=C(CC)[N+](C)=Nc2cc(CCCC)c(C)c(-c3ccccc3)c2)cc(-c2ccccc2)c1. The maximum atomic E-state index is 5.14. The van der Waals surface area contributed by atoms with Crippen LogP contribution in [-0.4, -0.2) is 11.7 Å². The van der Waals surface area contributed by atoms with Crippen LogP contribution in [0.5, 0.6) is 0 Å². The topological polar surface area (TPSA) is 15.4 Å². The summed E-state index contributed by atoms with van der Waals surface area (Å²) in [5.41, 5.74) is 12.7. The first-order valence-corrected chi connectivity index (χ1v) is 15.1. The van der Waals surface area contributed by atoms with Gasteiger partial charge in [0.05, 0.1) is 0 Å². The third kappa shape index (κ3) is 7.66. The molecule has 40 heavy (non-hydrogen) atoms. The molecule has 0 spiro atoms. The van der Waals surface area contributed by atoms with Gasteiger partial charge in [-0.05, 0) is 100 Å². The van der Waals surface area contributed by atoms with Crippen LogP contribution in [0, 0.1) is 6.92 Å². The fourth-order valence-corrected chi connectivity index (χ4v) is 5.34. The van der Waals surface area contributed by atoms with Gasteiger partial charge in [0, 0.05) is 12.5 Å². The monoisotopic (exact) mass is 529 g/mol. The van der Waals surface area contributed by atoms with E-state index in [1.54, 1.807) is 0 Å². The van der Waals surface area contributed by atoms with E-state index >= 15 is 0 Å². The van der Waals surface area contributed by atoms with Crippen LogP contribution in [0.1, 0.15) is 75.1 Å². The van der Waals surface area contributed by atoms with Gasteiger partial charge < -0.3 is 0 Å². The van der Waals surface area contributed by atoms with Crippen molar-refractivity contribution in [3.8, 4) is 22.3 Å². The van der Waals surface area contributed by atoms with Gasteiger partial charge in [0.25, 0.3) is 0 Å². The molecule has 0 aromatic heterocycles. The molecule has 2 nitrogen and oxygen atoms in total. The summed E-state index contributed by atoms with van der Waals surface area (Å²) in [5, 5.41) is 5.14. The molecule has 4 aromatic rings. The zero-order valence-electron chi connectivity index (χ0n) is 25.1. The molecule has 0 saturated heterocycles. The third-order valence-electron chi connectivity index (χ3n) is 7.70. The number of azo groups is 2. The summed E-state index contributed by atoms with van der Waals surface area (Å²) in [5.74, 6) is 0. The Morgan fingerprint density at radius 3 is 2.02 bits per heavy atom. The van der Waals surface area contributed by atoms with Gasteiger partial charge in [-0.3, -0.25) is 0 Å². The summed E-state index contributed by atoms with van der Waals surface area (Å²) in [7, 11) is 2.09. The second kappa shape index (κ2) is 14.6. The minimum absolute atomic E-state index is 0.903.